The quantitative estimate of drug-likeness (QED) is 0.369. The summed E-state index contributed by atoms with van der Waals surface area (Å²) in [5, 5.41) is 6.46. The normalized spacial score (nSPS) is 14.2. The number of pyridine rings is 1. The third kappa shape index (κ3) is 5.34. The first-order valence-corrected chi connectivity index (χ1v) is 13.4. The van der Waals surface area contributed by atoms with Crippen LogP contribution in [0, 0.1) is 0 Å². The summed E-state index contributed by atoms with van der Waals surface area (Å²) in [5.74, 6) is -0.269. The SMILES string of the molecule is CC(C)(C)OC(=O)N1CCN(c2ccncc2NC(=O)c2nc(-c3cc4ccccc4s3)cs2)CC1. The van der Waals surface area contributed by atoms with E-state index in [0.29, 0.717) is 36.9 Å². The third-order valence-electron chi connectivity index (χ3n) is 5.69. The Labute approximate surface area is 217 Å². The summed E-state index contributed by atoms with van der Waals surface area (Å²) in [7, 11) is 0. The summed E-state index contributed by atoms with van der Waals surface area (Å²) in [6.07, 6.45) is 3.05. The van der Waals surface area contributed by atoms with Crippen LogP contribution in [-0.4, -0.2) is 58.6 Å². The number of nitrogens with one attached hydrogen (secondary N) is 1. The number of anilines is 2. The lowest BCUT2D eigenvalue weighted by Crippen LogP contribution is -2.50. The van der Waals surface area contributed by atoms with Gasteiger partial charge in [-0.15, -0.1) is 22.7 Å². The van der Waals surface area contributed by atoms with Gasteiger partial charge in [-0.05, 0) is 44.4 Å². The van der Waals surface area contributed by atoms with Crippen molar-refractivity contribution in [3.8, 4) is 10.6 Å². The number of fused-ring (bicyclic) bond motifs is 1. The number of benzene rings is 1. The van der Waals surface area contributed by atoms with Gasteiger partial charge in [0.15, 0.2) is 5.01 Å². The zero-order chi connectivity index (χ0) is 25.3. The standard InChI is InChI=1S/C26H27N5O3S2/c1-26(2,3)34-25(33)31-12-10-30(11-13-31)20-8-9-27-15-18(20)28-23(32)24-29-19(16-35-24)22-14-17-6-4-5-7-21(17)36-22/h4-9,14-16H,10-13H2,1-3H3,(H,28,32). The van der Waals surface area contributed by atoms with Gasteiger partial charge in [-0.3, -0.25) is 9.78 Å². The van der Waals surface area contributed by atoms with Crippen molar-refractivity contribution < 1.29 is 14.3 Å². The molecule has 1 fully saturated rings. The largest absolute Gasteiger partial charge is 0.444 e. The van der Waals surface area contributed by atoms with Crippen molar-refractivity contribution in [2.75, 3.05) is 36.4 Å². The second kappa shape index (κ2) is 9.87. The number of carbonyl (C=O) groups is 2. The van der Waals surface area contributed by atoms with E-state index >= 15 is 0 Å². The molecule has 0 radical (unpaired) electrons. The molecule has 8 nitrogen and oxygen atoms in total. The van der Waals surface area contributed by atoms with E-state index in [4.69, 9.17) is 4.74 Å². The molecule has 36 heavy (non-hydrogen) atoms. The fraction of sp³-hybridized carbons (Fsp3) is 0.308. The molecule has 1 aromatic carbocycles. The Morgan fingerprint density at radius 1 is 1.08 bits per heavy atom. The Kier molecular flexibility index (Phi) is 6.63. The average molecular weight is 522 g/mol. The van der Waals surface area contributed by atoms with Crippen LogP contribution in [0.1, 0.15) is 30.6 Å². The number of carbonyl (C=O) groups excluding carboxylic acids is 2. The number of hydrogen-bond donors (Lipinski definition) is 1. The predicted molar refractivity (Wildman–Crippen MR) is 145 cm³/mol. The minimum absolute atomic E-state index is 0.269. The van der Waals surface area contributed by atoms with Gasteiger partial charge >= 0.3 is 6.09 Å². The Balaban J connectivity index is 1.26. The minimum atomic E-state index is -0.524. The third-order valence-corrected chi connectivity index (χ3v) is 7.67. The molecular formula is C26H27N5O3S2. The monoisotopic (exact) mass is 521 g/mol. The first-order valence-electron chi connectivity index (χ1n) is 11.7. The fourth-order valence-electron chi connectivity index (χ4n) is 3.99. The zero-order valence-electron chi connectivity index (χ0n) is 20.4. The van der Waals surface area contributed by atoms with E-state index < -0.39 is 5.60 Å². The van der Waals surface area contributed by atoms with Crippen LogP contribution >= 0.6 is 22.7 Å². The topological polar surface area (TPSA) is 87.7 Å². The van der Waals surface area contributed by atoms with Gasteiger partial charge in [0.05, 0.1) is 28.1 Å². The molecule has 1 N–H and O–H groups in total. The number of amides is 2. The highest BCUT2D eigenvalue weighted by atomic mass is 32.1. The fourth-order valence-corrected chi connectivity index (χ4v) is 5.80. The molecule has 0 atom stereocenters. The molecule has 186 valence electrons. The van der Waals surface area contributed by atoms with E-state index in [-0.39, 0.29) is 12.0 Å². The van der Waals surface area contributed by atoms with Gasteiger partial charge in [-0.2, -0.15) is 0 Å². The van der Waals surface area contributed by atoms with Gasteiger partial charge in [-0.25, -0.2) is 9.78 Å². The van der Waals surface area contributed by atoms with Gasteiger partial charge < -0.3 is 19.9 Å². The molecule has 0 spiro atoms. The lowest BCUT2D eigenvalue weighted by Gasteiger charge is -2.37. The van der Waals surface area contributed by atoms with Crippen LogP contribution in [-0.2, 0) is 4.74 Å². The number of rotatable bonds is 4. The molecule has 3 aromatic heterocycles. The zero-order valence-corrected chi connectivity index (χ0v) is 22.0. The lowest BCUT2D eigenvalue weighted by atomic mass is 10.2. The summed E-state index contributed by atoms with van der Waals surface area (Å²) in [6, 6.07) is 12.2. The smallest absolute Gasteiger partial charge is 0.410 e. The van der Waals surface area contributed by atoms with Crippen molar-refractivity contribution in [1.29, 1.82) is 0 Å². The van der Waals surface area contributed by atoms with E-state index in [1.165, 1.54) is 21.4 Å². The average Bonchev–Trinajstić information content (AvgIpc) is 3.51. The highest BCUT2D eigenvalue weighted by molar-refractivity contribution is 7.22. The highest BCUT2D eigenvalue weighted by Crippen LogP contribution is 2.34. The van der Waals surface area contributed by atoms with Crippen molar-refractivity contribution >= 4 is 56.1 Å². The van der Waals surface area contributed by atoms with Crippen LogP contribution in [0.3, 0.4) is 0 Å². The predicted octanol–water partition coefficient (Wildman–Crippen LogP) is 5.73. The Hall–Kier alpha value is -3.50. The molecule has 4 heterocycles. The van der Waals surface area contributed by atoms with Crippen LogP contribution in [0.25, 0.3) is 20.7 Å². The maximum atomic E-state index is 13.1. The van der Waals surface area contributed by atoms with Crippen LogP contribution < -0.4 is 10.2 Å². The maximum Gasteiger partial charge on any atom is 0.410 e. The molecule has 1 aliphatic rings. The Bertz CT molecular complexity index is 1370. The van der Waals surface area contributed by atoms with Crippen LogP contribution in [0.2, 0.25) is 0 Å². The first kappa shape index (κ1) is 24.2. The summed E-state index contributed by atoms with van der Waals surface area (Å²) in [5.41, 5.74) is 1.76. The van der Waals surface area contributed by atoms with Crippen LogP contribution in [0.4, 0.5) is 16.2 Å². The number of ether oxygens (including phenoxy) is 1. The van der Waals surface area contributed by atoms with Crippen molar-refractivity contribution in [3.63, 3.8) is 0 Å². The van der Waals surface area contributed by atoms with Gasteiger partial charge in [-0.1, -0.05) is 18.2 Å². The van der Waals surface area contributed by atoms with E-state index in [2.05, 4.69) is 38.4 Å². The van der Waals surface area contributed by atoms with Gasteiger partial charge in [0, 0.05) is 42.5 Å². The van der Waals surface area contributed by atoms with Crippen molar-refractivity contribution in [3.05, 3.63) is 59.2 Å². The summed E-state index contributed by atoms with van der Waals surface area (Å²) >= 11 is 2.99. The van der Waals surface area contributed by atoms with E-state index in [0.717, 1.165) is 16.3 Å². The van der Waals surface area contributed by atoms with Crippen molar-refractivity contribution in [2.45, 2.75) is 26.4 Å². The number of nitrogens with zero attached hydrogens (tertiary/aromatic N) is 4. The van der Waals surface area contributed by atoms with Gasteiger partial charge in [0.25, 0.3) is 5.91 Å². The molecule has 10 heteroatoms. The molecule has 1 aliphatic heterocycles. The lowest BCUT2D eigenvalue weighted by molar-refractivity contribution is 0.0240. The Morgan fingerprint density at radius 2 is 1.86 bits per heavy atom. The molecule has 0 unspecified atom stereocenters. The molecule has 2 amide bonds. The van der Waals surface area contributed by atoms with Crippen molar-refractivity contribution in [2.24, 2.45) is 0 Å². The summed E-state index contributed by atoms with van der Waals surface area (Å²) in [4.78, 5) is 39.2. The number of hydrogen-bond acceptors (Lipinski definition) is 8. The highest BCUT2D eigenvalue weighted by Gasteiger charge is 2.27. The number of piperazine rings is 1. The Morgan fingerprint density at radius 3 is 2.61 bits per heavy atom. The molecule has 0 bridgehead atoms. The van der Waals surface area contributed by atoms with E-state index in [9.17, 15) is 9.59 Å². The molecule has 5 rings (SSSR count). The van der Waals surface area contributed by atoms with Crippen LogP contribution in [0.15, 0.2) is 54.2 Å². The summed E-state index contributed by atoms with van der Waals surface area (Å²) < 4.78 is 6.68. The van der Waals surface area contributed by atoms with E-state index in [1.54, 1.807) is 28.6 Å². The van der Waals surface area contributed by atoms with E-state index in [1.807, 2.05) is 44.4 Å². The molecule has 0 saturated carbocycles. The number of thiazole rings is 1. The van der Waals surface area contributed by atoms with Gasteiger partial charge in [0.1, 0.15) is 5.60 Å². The molecule has 1 saturated heterocycles. The number of thiophene rings is 1. The summed E-state index contributed by atoms with van der Waals surface area (Å²) in [6.45, 7) is 7.91. The minimum Gasteiger partial charge on any atom is -0.444 e. The molecular weight excluding hydrogens is 494 g/mol. The van der Waals surface area contributed by atoms with Gasteiger partial charge in [0.2, 0.25) is 0 Å². The first-order chi connectivity index (χ1) is 17.3. The van der Waals surface area contributed by atoms with Crippen molar-refractivity contribution in [1.82, 2.24) is 14.9 Å². The molecule has 4 aromatic rings. The number of aromatic nitrogens is 2. The maximum absolute atomic E-state index is 13.1. The second-order valence-corrected chi connectivity index (χ2v) is 11.4. The molecule has 0 aliphatic carbocycles. The second-order valence-electron chi connectivity index (χ2n) is 9.49. The van der Waals surface area contributed by atoms with Crippen LogP contribution in [0.5, 0.6) is 0 Å².